The van der Waals surface area contributed by atoms with E-state index in [1.165, 1.54) is 13.8 Å². The van der Waals surface area contributed by atoms with Crippen LogP contribution in [0.3, 0.4) is 0 Å². The molecule has 1 rings (SSSR count). The van der Waals surface area contributed by atoms with Crippen molar-refractivity contribution in [3.8, 4) is 5.75 Å². The number of carbonyl (C=O) groups excluding carboxylic acids is 1. The Morgan fingerprint density at radius 1 is 1.26 bits per heavy atom. The molecule has 0 aliphatic rings. The molecular formula is C18H25NO4. The minimum Gasteiger partial charge on any atom is -0.489 e. The molecule has 0 aliphatic heterocycles. The number of rotatable bonds is 9. The van der Waals surface area contributed by atoms with Crippen molar-refractivity contribution in [2.45, 2.75) is 45.6 Å². The van der Waals surface area contributed by atoms with E-state index < -0.39 is 11.5 Å². The number of aliphatic carboxylic acids is 1. The van der Waals surface area contributed by atoms with Crippen LogP contribution in [0.25, 0.3) is 0 Å². The summed E-state index contributed by atoms with van der Waals surface area (Å²) in [6, 6.07) is 7.72. The Hall–Kier alpha value is -2.30. The average molecular weight is 319 g/mol. The predicted octanol–water partition coefficient (Wildman–Crippen LogP) is 2.94. The Morgan fingerprint density at radius 3 is 2.39 bits per heavy atom. The quantitative estimate of drug-likeness (QED) is 0.686. The first-order valence-electron chi connectivity index (χ1n) is 7.61. The third-order valence-corrected chi connectivity index (χ3v) is 3.26. The van der Waals surface area contributed by atoms with Gasteiger partial charge in [0.15, 0.2) is 0 Å². The number of carbonyl (C=O) groups is 2. The summed E-state index contributed by atoms with van der Waals surface area (Å²) in [5.74, 6) is -0.507. The van der Waals surface area contributed by atoms with Crippen LogP contribution in [0.2, 0.25) is 0 Å². The van der Waals surface area contributed by atoms with Gasteiger partial charge in [-0.25, -0.2) is 4.79 Å². The van der Waals surface area contributed by atoms with Gasteiger partial charge in [0.05, 0.1) is 0 Å². The van der Waals surface area contributed by atoms with E-state index in [-0.39, 0.29) is 5.91 Å². The van der Waals surface area contributed by atoms with Gasteiger partial charge in [0.2, 0.25) is 5.91 Å². The number of ether oxygens (including phenoxy) is 1. The van der Waals surface area contributed by atoms with Crippen LogP contribution >= 0.6 is 0 Å². The Kier molecular flexibility index (Phi) is 6.82. The minimum absolute atomic E-state index is 0.251. The van der Waals surface area contributed by atoms with Crippen LogP contribution in [-0.2, 0) is 16.0 Å². The zero-order valence-corrected chi connectivity index (χ0v) is 14.0. The molecule has 1 aromatic rings. The second kappa shape index (κ2) is 8.36. The molecule has 23 heavy (non-hydrogen) atoms. The van der Waals surface area contributed by atoms with Crippen LogP contribution in [0.1, 0.15) is 39.2 Å². The molecule has 0 radical (unpaired) electrons. The lowest BCUT2D eigenvalue weighted by atomic mass is 10.0. The van der Waals surface area contributed by atoms with Crippen molar-refractivity contribution in [1.82, 2.24) is 5.32 Å². The van der Waals surface area contributed by atoms with E-state index in [0.29, 0.717) is 19.4 Å². The molecule has 1 aromatic carbocycles. The maximum Gasteiger partial charge on any atom is 0.328 e. The molecule has 5 nitrogen and oxygen atoms in total. The molecule has 0 heterocycles. The molecule has 0 saturated heterocycles. The molecule has 0 saturated carbocycles. The van der Waals surface area contributed by atoms with Gasteiger partial charge in [-0.3, -0.25) is 4.79 Å². The van der Waals surface area contributed by atoms with E-state index in [1.54, 1.807) is 0 Å². The lowest BCUT2D eigenvalue weighted by Gasteiger charge is -2.20. The Morgan fingerprint density at radius 2 is 1.87 bits per heavy atom. The second-order valence-corrected chi connectivity index (χ2v) is 6.22. The number of carboxylic acids is 1. The molecular weight excluding hydrogens is 294 g/mol. The summed E-state index contributed by atoms with van der Waals surface area (Å²) in [5.41, 5.74) is 0.835. The van der Waals surface area contributed by atoms with Gasteiger partial charge in [-0.1, -0.05) is 18.7 Å². The number of hydrogen-bond acceptors (Lipinski definition) is 3. The van der Waals surface area contributed by atoms with Crippen molar-refractivity contribution in [2.24, 2.45) is 0 Å². The van der Waals surface area contributed by atoms with E-state index in [2.05, 4.69) is 11.9 Å². The first kappa shape index (κ1) is 18.7. The average Bonchev–Trinajstić information content (AvgIpc) is 2.45. The monoisotopic (exact) mass is 319 g/mol. The Labute approximate surface area is 137 Å². The number of amides is 1. The van der Waals surface area contributed by atoms with Crippen molar-refractivity contribution in [2.75, 3.05) is 6.61 Å². The molecule has 0 bridgehead atoms. The van der Waals surface area contributed by atoms with Gasteiger partial charge in [-0.15, -0.1) is 0 Å². The summed E-state index contributed by atoms with van der Waals surface area (Å²) in [6.07, 6.45) is 1.71. The first-order chi connectivity index (χ1) is 10.7. The molecule has 0 spiro atoms. The van der Waals surface area contributed by atoms with E-state index >= 15 is 0 Å². The van der Waals surface area contributed by atoms with Gasteiger partial charge in [-0.2, -0.15) is 0 Å². The summed E-state index contributed by atoms with van der Waals surface area (Å²) < 4.78 is 5.52. The van der Waals surface area contributed by atoms with Crippen LogP contribution in [0.4, 0.5) is 0 Å². The first-order valence-corrected chi connectivity index (χ1v) is 7.61. The normalized spacial score (nSPS) is 10.9. The standard InChI is InChI=1S/C18H25NO4/c1-13(2)12-23-15-10-8-14(9-11-15)6-5-7-16(20)19-18(3,4)17(21)22/h8-11H,1,5-7,12H2,2-4H3,(H,19,20)(H,21,22). The number of carboxylic acid groups (broad SMARTS) is 1. The maximum absolute atomic E-state index is 11.8. The summed E-state index contributed by atoms with van der Waals surface area (Å²) in [7, 11) is 0. The molecule has 0 aliphatic carbocycles. The van der Waals surface area contributed by atoms with Crippen LogP contribution in [-0.4, -0.2) is 29.1 Å². The maximum atomic E-state index is 11.8. The lowest BCUT2D eigenvalue weighted by molar-refractivity contribution is -0.146. The zero-order chi connectivity index (χ0) is 17.5. The summed E-state index contributed by atoms with van der Waals surface area (Å²) in [6.45, 7) is 9.13. The molecule has 0 atom stereocenters. The predicted molar refractivity (Wildman–Crippen MR) is 89.5 cm³/mol. The van der Waals surface area contributed by atoms with E-state index in [0.717, 1.165) is 23.3 Å². The van der Waals surface area contributed by atoms with Crippen molar-refractivity contribution in [3.63, 3.8) is 0 Å². The topological polar surface area (TPSA) is 75.6 Å². The highest BCUT2D eigenvalue weighted by Gasteiger charge is 2.28. The molecule has 1 amide bonds. The van der Waals surface area contributed by atoms with Crippen LogP contribution in [0.5, 0.6) is 5.75 Å². The SMILES string of the molecule is C=C(C)COc1ccc(CCCC(=O)NC(C)(C)C(=O)O)cc1. The highest BCUT2D eigenvalue weighted by Crippen LogP contribution is 2.14. The number of hydrogen-bond donors (Lipinski definition) is 2. The molecule has 0 aromatic heterocycles. The smallest absolute Gasteiger partial charge is 0.328 e. The zero-order valence-electron chi connectivity index (χ0n) is 14.0. The third-order valence-electron chi connectivity index (χ3n) is 3.26. The highest BCUT2D eigenvalue weighted by molar-refractivity contribution is 5.86. The fourth-order valence-electron chi connectivity index (χ4n) is 1.88. The van der Waals surface area contributed by atoms with Crippen molar-refractivity contribution >= 4 is 11.9 Å². The molecule has 5 heteroatoms. The van der Waals surface area contributed by atoms with Gasteiger partial charge in [0.25, 0.3) is 0 Å². The fourth-order valence-corrected chi connectivity index (χ4v) is 1.88. The second-order valence-electron chi connectivity index (χ2n) is 6.22. The fraction of sp³-hybridized carbons (Fsp3) is 0.444. The van der Waals surface area contributed by atoms with Gasteiger partial charge < -0.3 is 15.2 Å². The van der Waals surface area contributed by atoms with Gasteiger partial charge in [0, 0.05) is 6.42 Å². The summed E-state index contributed by atoms with van der Waals surface area (Å²) in [5, 5.41) is 11.5. The lowest BCUT2D eigenvalue weighted by Crippen LogP contribution is -2.49. The minimum atomic E-state index is -1.24. The highest BCUT2D eigenvalue weighted by atomic mass is 16.5. The largest absolute Gasteiger partial charge is 0.489 e. The van der Waals surface area contributed by atoms with Crippen molar-refractivity contribution in [3.05, 3.63) is 42.0 Å². The molecule has 126 valence electrons. The van der Waals surface area contributed by atoms with Gasteiger partial charge in [-0.05, 0) is 56.9 Å². The summed E-state index contributed by atoms with van der Waals surface area (Å²) in [4.78, 5) is 22.7. The Balaban J connectivity index is 2.37. The summed E-state index contributed by atoms with van der Waals surface area (Å²) >= 11 is 0. The molecule has 0 fully saturated rings. The van der Waals surface area contributed by atoms with Gasteiger partial charge in [0.1, 0.15) is 17.9 Å². The molecule has 0 unspecified atom stereocenters. The van der Waals surface area contributed by atoms with Crippen LogP contribution < -0.4 is 10.1 Å². The number of nitrogens with one attached hydrogen (secondary N) is 1. The molecule has 2 N–H and O–H groups in total. The van der Waals surface area contributed by atoms with Gasteiger partial charge >= 0.3 is 5.97 Å². The number of aryl methyl sites for hydroxylation is 1. The van der Waals surface area contributed by atoms with E-state index in [1.807, 2.05) is 31.2 Å². The van der Waals surface area contributed by atoms with Crippen LogP contribution in [0.15, 0.2) is 36.4 Å². The number of benzene rings is 1. The van der Waals surface area contributed by atoms with E-state index in [4.69, 9.17) is 9.84 Å². The van der Waals surface area contributed by atoms with Crippen molar-refractivity contribution < 1.29 is 19.4 Å². The van der Waals surface area contributed by atoms with E-state index in [9.17, 15) is 9.59 Å². The van der Waals surface area contributed by atoms with Crippen molar-refractivity contribution in [1.29, 1.82) is 0 Å². The van der Waals surface area contributed by atoms with Crippen LogP contribution in [0, 0.1) is 0 Å². The third kappa shape index (κ3) is 7.00. The Bertz CT molecular complexity index is 561.